The molecule has 0 saturated heterocycles. The van der Waals surface area contributed by atoms with Crippen molar-refractivity contribution < 1.29 is 4.74 Å². The average Bonchev–Trinajstić information content (AvgIpc) is 2.12. The third kappa shape index (κ3) is 5.64. The Kier molecular flexibility index (Phi) is 7.69. The first-order valence-corrected chi connectivity index (χ1v) is 5.19. The topological polar surface area (TPSA) is 12.5 Å². The van der Waals surface area contributed by atoms with Gasteiger partial charge < -0.3 is 9.64 Å². The van der Waals surface area contributed by atoms with Crippen molar-refractivity contribution in [2.75, 3.05) is 19.7 Å². The molecule has 0 bridgehead atoms. The van der Waals surface area contributed by atoms with Gasteiger partial charge in [0.1, 0.15) is 0 Å². The Morgan fingerprint density at radius 2 is 2.23 bits per heavy atom. The summed E-state index contributed by atoms with van der Waals surface area (Å²) in [7, 11) is 0. The van der Waals surface area contributed by atoms with Gasteiger partial charge in [0.15, 0.2) is 0 Å². The SMILES string of the molecule is C=CCN(CCCC)C(=S)OCC. The molecule has 2 nitrogen and oxygen atoms in total. The predicted molar refractivity (Wildman–Crippen MR) is 60.9 cm³/mol. The smallest absolute Gasteiger partial charge is 0.259 e. The zero-order valence-corrected chi connectivity index (χ0v) is 9.40. The number of thiocarbonyl (C=S) groups is 1. The zero-order valence-electron chi connectivity index (χ0n) is 8.58. The highest BCUT2D eigenvalue weighted by Gasteiger charge is 2.06. The molecule has 0 unspecified atom stereocenters. The van der Waals surface area contributed by atoms with Crippen LogP contribution in [0.1, 0.15) is 26.7 Å². The Morgan fingerprint density at radius 1 is 1.54 bits per heavy atom. The lowest BCUT2D eigenvalue weighted by molar-refractivity contribution is 0.262. The van der Waals surface area contributed by atoms with E-state index in [-0.39, 0.29) is 0 Å². The molecule has 0 aromatic carbocycles. The van der Waals surface area contributed by atoms with Gasteiger partial charge in [-0.3, -0.25) is 0 Å². The van der Waals surface area contributed by atoms with Crippen molar-refractivity contribution in [2.24, 2.45) is 0 Å². The summed E-state index contributed by atoms with van der Waals surface area (Å²) in [6.45, 7) is 10.2. The van der Waals surface area contributed by atoms with Crippen LogP contribution in [0.15, 0.2) is 12.7 Å². The summed E-state index contributed by atoms with van der Waals surface area (Å²) in [5.74, 6) is 0. The molecule has 0 N–H and O–H groups in total. The second kappa shape index (κ2) is 8.05. The van der Waals surface area contributed by atoms with E-state index >= 15 is 0 Å². The average molecular weight is 201 g/mol. The molecule has 0 rings (SSSR count). The lowest BCUT2D eigenvalue weighted by Crippen LogP contribution is -2.32. The van der Waals surface area contributed by atoms with Gasteiger partial charge in [0.25, 0.3) is 5.17 Å². The first-order chi connectivity index (χ1) is 6.26. The molecule has 0 radical (unpaired) electrons. The molecular formula is C10H19NOS. The maximum atomic E-state index is 5.26. The molecular weight excluding hydrogens is 182 g/mol. The van der Waals surface area contributed by atoms with E-state index in [1.807, 2.05) is 17.9 Å². The number of rotatable bonds is 6. The van der Waals surface area contributed by atoms with E-state index in [2.05, 4.69) is 13.5 Å². The molecule has 0 heterocycles. The van der Waals surface area contributed by atoms with Crippen LogP contribution in [0.4, 0.5) is 0 Å². The van der Waals surface area contributed by atoms with Crippen molar-refractivity contribution in [3.63, 3.8) is 0 Å². The van der Waals surface area contributed by atoms with Gasteiger partial charge >= 0.3 is 0 Å². The molecule has 76 valence electrons. The minimum atomic E-state index is 0.593. The van der Waals surface area contributed by atoms with E-state index in [9.17, 15) is 0 Å². The highest BCUT2D eigenvalue weighted by Crippen LogP contribution is 1.99. The number of nitrogens with zero attached hydrogens (tertiary/aromatic N) is 1. The first-order valence-electron chi connectivity index (χ1n) is 4.78. The van der Waals surface area contributed by atoms with Crippen molar-refractivity contribution in [1.82, 2.24) is 4.90 Å². The quantitative estimate of drug-likeness (QED) is 0.484. The summed E-state index contributed by atoms with van der Waals surface area (Å²) in [4.78, 5) is 2.04. The Bertz CT molecular complexity index is 159. The Morgan fingerprint density at radius 3 is 2.69 bits per heavy atom. The maximum Gasteiger partial charge on any atom is 0.259 e. The van der Waals surface area contributed by atoms with Crippen LogP contribution in [-0.4, -0.2) is 29.8 Å². The molecule has 0 saturated carbocycles. The molecule has 0 aromatic rings. The number of hydrogen-bond acceptors (Lipinski definition) is 2. The lowest BCUT2D eigenvalue weighted by Gasteiger charge is -2.22. The molecule has 0 fully saturated rings. The van der Waals surface area contributed by atoms with E-state index in [1.54, 1.807) is 0 Å². The fraction of sp³-hybridized carbons (Fsp3) is 0.700. The van der Waals surface area contributed by atoms with Crippen molar-refractivity contribution in [3.8, 4) is 0 Å². The molecule has 0 aliphatic rings. The van der Waals surface area contributed by atoms with Gasteiger partial charge in [0, 0.05) is 13.1 Å². The maximum absolute atomic E-state index is 5.26. The van der Waals surface area contributed by atoms with Gasteiger partial charge in [0.2, 0.25) is 0 Å². The largest absolute Gasteiger partial charge is 0.471 e. The normalized spacial score (nSPS) is 9.38. The number of ether oxygens (including phenoxy) is 1. The highest BCUT2D eigenvalue weighted by atomic mass is 32.1. The first kappa shape index (κ1) is 12.4. The summed E-state index contributed by atoms with van der Waals surface area (Å²) in [6.07, 6.45) is 4.16. The van der Waals surface area contributed by atoms with Gasteiger partial charge in [-0.15, -0.1) is 6.58 Å². The third-order valence-corrected chi connectivity index (χ3v) is 2.03. The molecule has 13 heavy (non-hydrogen) atoms. The second-order valence-electron chi connectivity index (χ2n) is 2.79. The van der Waals surface area contributed by atoms with E-state index in [0.29, 0.717) is 11.8 Å². The molecule has 0 aromatic heterocycles. The van der Waals surface area contributed by atoms with E-state index in [4.69, 9.17) is 17.0 Å². The van der Waals surface area contributed by atoms with Gasteiger partial charge in [-0.1, -0.05) is 19.4 Å². The fourth-order valence-corrected chi connectivity index (χ4v) is 1.26. The number of unbranched alkanes of at least 4 members (excludes halogenated alkanes) is 1. The molecule has 0 amide bonds. The Hall–Kier alpha value is -0.570. The van der Waals surface area contributed by atoms with E-state index in [0.717, 1.165) is 19.5 Å². The van der Waals surface area contributed by atoms with E-state index < -0.39 is 0 Å². The van der Waals surface area contributed by atoms with Crippen LogP contribution in [0.5, 0.6) is 0 Å². The van der Waals surface area contributed by atoms with Gasteiger partial charge in [-0.05, 0) is 25.6 Å². The van der Waals surface area contributed by atoms with E-state index in [1.165, 1.54) is 6.42 Å². The van der Waals surface area contributed by atoms with Gasteiger partial charge in [-0.25, -0.2) is 0 Å². The summed E-state index contributed by atoms with van der Waals surface area (Å²) in [5.41, 5.74) is 0. The fourth-order valence-electron chi connectivity index (χ4n) is 0.977. The summed E-state index contributed by atoms with van der Waals surface area (Å²) in [5, 5.41) is 0.593. The van der Waals surface area contributed by atoms with Gasteiger partial charge in [-0.2, -0.15) is 0 Å². The van der Waals surface area contributed by atoms with Crippen molar-refractivity contribution in [1.29, 1.82) is 0 Å². The minimum Gasteiger partial charge on any atom is -0.471 e. The summed E-state index contributed by atoms with van der Waals surface area (Å²) in [6, 6.07) is 0. The van der Waals surface area contributed by atoms with Crippen molar-refractivity contribution in [2.45, 2.75) is 26.7 Å². The summed E-state index contributed by atoms with van der Waals surface area (Å²) >= 11 is 5.11. The zero-order chi connectivity index (χ0) is 10.1. The molecule has 3 heteroatoms. The van der Waals surface area contributed by atoms with Gasteiger partial charge in [0.05, 0.1) is 6.61 Å². The number of hydrogen-bond donors (Lipinski definition) is 0. The Labute approximate surface area is 86.6 Å². The van der Waals surface area contributed by atoms with Crippen LogP contribution >= 0.6 is 12.2 Å². The second-order valence-corrected chi connectivity index (χ2v) is 3.14. The predicted octanol–water partition coefficient (Wildman–Crippen LogP) is 2.60. The van der Waals surface area contributed by atoms with Crippen LogP contribution in [0.25, 0.3) is 0 Å². The molecule has 0 spiro atoms. The van der Waals surface area contributed by atoms with Crippen molar-refractivity contribution in [3.05, 3.63) is 12.7 Å². The minimum absolute atomic E-state index is 0.593. The van der Waals surface area contributed by atoms with Crippen molar-refractivity contribution >= 4 is 17.4 Å². The monoisotopic (exact) mass is 201 g/mol. The Balaban J connectivity index is 3.90. The third-order valence-electron chi connectivity index (χ3n) is 1.66. The van der Waals surface area contributed by atoms with Crippen LogP contribution in [0.3, 0.4) is 0 Å². The van der Waals surface area contributed by atoms with Crippen LogP contribution < -0.4 is 0 Å². The van der Waals surface area contributed by atoms with Crippen LogP contribution in [0, 0.1) is 0 Å². The van der Waals surface area contributed by atoms with Crippen LogP contribution in [-0.2, 0) is 4.74 Å². The summed E-state index contributed by atoms with van der Waals surface area (Å²) < 4.78 is 5.26. The van der Waals surface area contributed by atoms with Crippen LogP contribution in [0.2, 0.25) is 0 Å². The molecule has 0 aliphatic heterocycles. The molecule has 0 aliphatic carbocycles. The standard InChI is InChI=1S/C10H19NOS/c1-4-7-9-11(8-5-2)10(13)12-6-3/h5H,2,4,6-9H2,1,3H3. The lowest BCUT2D eigenvalue weighted by atomic mass is 10.3. The molecule has 0 atom stereocenters. The highest BCUT2D eigenvalue weighted by molar-refractivity contribution is 7.80.